The van der Waals surface area contributed by atoms with Gasteiger partial charge in [0.2, 0.25) is 5.91 Å². The summed E-state index contributed by atoms with van der Waals surface area (Å²) >= 11 is 1.31. The fourth-order valence-electron chi connectivity index (χ4n) is 4.10. The summed E-state index contributed by atoms with van der Waals surface area (Å²) in [5.41, 5.74) is 1.35. The van der Waals surface area contributed by atoms with Crippen molar-refractivity contribution in [2.24, 2.45) is 13.0 Å². The van der Waals surface area contributed by atoms with Gasteiger partial charge in [-0.05, 0) is 43.0 Å². The molecule has 1 N–H and O–H groups in total. The summed E-state index contributed by atoms with van der Waals surface area (Å²) in [6, 6.07) is 7.57. The van der Waals surface area contributed by atoms with E-state index in [2.05, 4.69) is 32.0 Å². The molecule has 0 aromatic carbocycles. The second-order valence-corrected chi connectivity index (χ2v) is 8.86. The van der Waals surface area contributed by atoms with Crippen molar-refractivity contribution in [1.29, 1.82) is 0 Å². The van der Waals surface area contributed by atoms with Crippen LogP contribution in [0.25, 0.3) is 11.4 Å². The van der Waals surface area contributed by atoms with E-state index >= 15 is 0 Å². The van der Waals surface area contributed by atoms with Crippen LogP contribution in [0.3, 0.4) is 0 Å². The van der Waals surface area contributed by atoms with Crippen molar-refractivity contribution in [2.45, 2.75) is 43.8 Å². The number of hydrogen-bond acceptors (Lipinski definition) is 6. The first kappa shape index (κ1) is 21.3. The standard InChI is InChI=1S/C22H26N6O2S/c1-15-7-3-4-9-17(15)28-20(16-8-5-11-23-13-16)25-26-22(28)31-14-19(29)24-21(30)18-10-6-12-27(18)2/h5-6,8,10-13,15,17H,3-4,7,9,14H2,1-2H3,(H,24,29,30). The Balaban J connectivity index is 1.52. The third-order valence-electron chi connectivity index (χ3n) is 5.74. The molecule has 1 aliphatic carbocycles. The summed E-state index contributed by atoms with van der Waals surface area (Å²) in [5, 5.41) is 12.0. The van der Waals surface area contributed by atoms with Gasteiger partial charge in [-0.1, -0.05) is 31.5 Å². The van der Waals surface area contributed by atoms with Gasteiger partial charge in [0, 0.05) is 37.2 Å². The van der Waals surface area contributed by atoms with Gasteiger partial charge in [0.1, 0.15) is 5.69 Å². The van der Waals surface area contributed by atoms with Gasteiger partial charge in [-0.3, -0.25) is 24.5 Å². The maximum Gasteiger partial charge on any atom is 0.274 e. The summed E-state index contributed by atoms with van der Waals surface area (Å²) < 4.78 is 3.84. The lowest BCUT2D eigenvalue weighted by Crippen LogP contribution is -2.33. The second-order valence-electron chi connectivity index (χ2n) is 7.92. The number of aromatic nitrogens is 5. The van der Waals surface area contributed by atoms with Crippen LogP contribution in [0.1, 0.15) is 49.1 Å². The first-order chi connectivity index (χ1) is 15.0. The zero-order chi connectivity index (χ0) is 21.8. The highest BCUT2D eigenvalue weighted by Gasteiger charge is 2.29. The van der Waals surface area contributed by atoms with Gasteiger partial charge in [0.05, 0.1) is 5.75 Å². The number of imide groups is 1. The van der Waals surface area contributed by atoms with Gasteiger partial charge < -0.3 is 4.57 Å². The van der Waals surface area contributed by atoms with Crippen molar-refractivity contribution in [3.8, 4) is 11.4 Å². The molecule has 31 heavy (non-hydrogen) atoms. The molecule has 1 saturated carbocycles. The minimum atomic E-state index is -0.406. The molecule has 0 radical (unpaired) electrons. The Morgan fingerprint density at radius 3 is 2.74 bits per heavy atom. The number of amides is 2. The third-order valence-corrected chi connectivity index (χ3v) is 6.69. The summed E-state index contributed by atoms with van der Waals surface area (Å²) in [6.07, 6.45) is 9.89. The van der Waals surface area contributed by atoms with E-state index in [0.29, 0.717) is 16.8 Å². The molecule has 0 saturated heterocycles. The van der Waals surface area contributed by atoms with Crippen molar-refractivity contribution in [3.05, 3.63) is 48.5 Å². The second kappa shape index (κ2) is 9.47. The zero-order valence-corrected chi connectivity index (χ0v) is 18.5. The highest BCUT2D eigenvalue weighted by atomic mass is 32.2. The van der Waals surface area contributed by atoms with E-state index in [1.54, 1.807) is 42.3 Å². The SMILES string of the molecule is CC1CCCCC1n1c(SCC(=O)NC(=O)c2cccn2C)nnc1-c1cccnc1. The molecule has 3 aromatic heterocycles. The van der Waals surface area contributed by atoms with Crippen molar-refractivity contribution in [2.75, 3.05) is 5.75 Å². The maximum atomic E-state index is 12.4. The predicted octanol–water partition coefficient (Wildman–Crippen LogP) is 3.48. The molecule has 3 aromatic rings. The minimum Gasteiger partial charge on any atom is -0.347 e. The average molecular weight is 439 g/mol. The van der Waals surface area contributed by atoms with Crippen LogP contribution in [0.15, 0.2) is 48.0 Å². The van der Waals surface area contributed by atoms with E-state index in [0.717, 1.165) is 30.7 Å². The van der Waals surface area contributed by atoms with Crippen molar-refractivity contribution in [1.82, 2.24) is 29.6 Å². The molecule has 9 heteroatoms. The number of nitrogens with one attached hydrogen (secondary N) is 1. The first-order valence-corrected chi connectivity index (χ1v) is 11.5. The molecule has 2 unspecified atom stereocenters. The lowest BCUT2D eigenvalue weighted by Gasteiger charge is -2.31. The van der Waals surface area contributed by atoms with Crippen LogP contribution in [-0.4, -0.2) is 41.9 Å². The van der Waals surface area contributed by atoms with Crippen LogP contribution in [0.4, 0.5) is 0 Å². The normalized spacial score (nSPS) is 18.6. The van der Waals surface area contributed by atoms with Crippen LogP contribution in [0.2, 0.25) is 0 Å². The highest BCUT2D eigenvalue weighted by Crippen LogP contribution is 2.38. The Hall–Kier alpha value is -2.94. The van der Waals surface area contributed by atoms with Crippen LogP contribution in [-0.2, 0) is 11.8 Å². The molecule has 0 spiro atoms. The van der Waals surface area contributed by atoms with Crippen molar-refractivity contribution < 1.29 is 9.59 Å². The molecule has 2 amide bonds. The predicted molar refractivity (Wildman–Crippen MR) is 119 cm³/mol. The van der Waals surface area contributed by atoms with Gasteiger partial charge in [0.15, 0.2) is 11.0 Å². The number of carbonyl (C=O) groups is 2. The number of rotatable bonds is 6. The Morgan fingerprint density at radius 2 is 2.03 bits per heavy atom. The van der Waals surface area contributed by atoms with Gasteiger partial charge in [-0.25, -0.2) is 0 Å². The quantitative estimate of drug-likeness (QED) is 0.592. The minimum absolute atomic E-state index is 0.0858. The highest BCUT2D eigenvalue weighted by molar-refractivity contribution is 7.99. The largest absolute Gasteiger partial charge is 0.347 e. The molecule has 0 bridgehead atoms. The molecule has 0 aliphatic heterocycles. The van der Waals surface area contributed by atoms with Gasteiger partial charge >= 0.3 is 0 Å². The van der Waals surface area contributed by atoms with E-state index in [-0.39, 0.29) is 17.7 Å². The molecule has 3 heterocycles. The van der Waals surface area contributed by atoms with Crippen LogP contribution in [0, 0.1) is 5.92 Å². The fraction of sp³-hybridized carbons (Fsp3) is 0.409. The summed E-state index contributed by atoms with van der Waals surface area (Å²) in [4.78, 5) is 28.9. The van der Waals surface area contributed by atoms with E-state index < -0.39 is 5.91 Å². The average Bonchev–Trinajstić information content (AvgIpc) is 3.39. The van der Waals surface area contributed by atoms with Gasteiger partial charge in [-0.15, -0.1) is 10.2 Å². The summed E-state index contributed by atoms with van der Waals surface area (Å²) in [6.45, 7) is 2.26. The van der Waals surface area contributed by atoms with E-state index in [1.807, 2.05) is 12.1 Å². The van der Waals surface area contributed by atoms with Crippen molar-refractivity contribution >= 4 is 23.6 Å². The zero-order valence-electron chi connectivity index (χ0n) is 17.7. The number of aryl methyl sites for hydroxylation is 1. The van der Waals surface area contributed by atoms with Crippen LogP contribution >= 0.6 is 11.8 Å². The third kappa shape index (κ3) is 4.71. The Kier molecular flexibility index (Phi) is 6.50. The molecule has 4 rings (SSSR count). The number of thioether (sulfide) groups is 1. The van der Waals surface area contributed by atoms with E-state index in [4.69, 9.17) is 0 Å². The number of pyridine rings is 1. The smallest absolute Gasteiger partial charge is 0.274 e. The first-order valence-electron chi connectivity index (χ1n) is 10.5. The Labute approximate surface area is 185 Å². The van der Waals surface area contributed by atoms with Crippen LogP contribution < -0.4 is 5.32 Å². The van der Waals surface area contributed by atoms with Gasteiger partial charge in [-0.2, -0.15) is 0 Å². The summed E-state index contributed by atoms with van der Waals surface area (Å²) in [7, 11) is 1.77. The molecule has 1 fully saturated rings. The van der Waals surface area contributed by atoms with Gasteiger partial charge in [0.25, 0.3) is 5.91 Å². The monoisotopic (exact) mass is 438 g/mol. The molecular weight excluding hydrogens is 412 g/mol. The summed E-state index contributed by atoms with van der Waals surface area (Å²) in [5.74, 6) is 0.589. The number of hydrogen-bond donors (Lipinski definition) is 1. The molecule has 162 valence electrons. The maximum absolute atomic E-state index is 12.4. The fourth-order valence-corrected chi connectivity index (χ4v) is 4.89. The number of carbonyl (C=O) groups excluding carboxylic acids is 2. The van der Waals surface area contributed by atoms with Crippen LogP contribution in [0.5, 0.6) is 0 Å². The molecule has 2 atom stereocenters. The Morgan fingerprint density at radius 1 is 1.19 bits per heavy atom. The lowest BCUT2D eigenvalue weighted by molar-refractivity contribution is -0.117. The molecule has 8 nitrogen and oxygen atoms in total. The lowest BCUT2D eigenvalue weighted by atomic mass is 9.85. The van der Waals surface area contributed by atoms with E-state index in [1.165, 1.54) is 18.2 Å². The van der Waals surface area contributed by atoms with Crippen molar-refractivity contribution in [3.63, 3.8) is 0 Å². The molecule has 1 aliphatic rings. The number of nitrogens with zero attached hydrogens (tertiary/aromatic N) is 5. The topological polar surface area (TPSA) is 94.7 Å². The van der Waals surface area contributed by atoms with E-state index in [9.17, 15) is 9.59 Å². The Bertz CT molecular complexity index is 1060. The molecular formula is C22H26N6O2S.